The Morgan fingerprint density at radius 2 is 1.68 bits per heavy atom. The number of nitrogens with zero attached hydrogens (tertiary/aromatic N) is 2. The highest BCUT2D eigenvalue weighted by Crippen LogP contribution is 2.42. The summed E-state index contributed by atoms with van der Waals surface area (Å²) in [5.41, 5.74) is 10.00. The topological polar surface area (TPSA) is 123 Å². The van der Waals surface area contributed by atoms with Crippen LogP contribution >= 0.6 is 0 Å². The summed E-state index contributed by atoms with van der Waals surface area (Å²) in [6.45, 7) is 5.56. The van der Waals surface area contributed by atoms with Crippen LogP contribution in [0.3, 0.4) is 0 Å². The number of amides is 2. The summed E-state index contributed by atoms with van der Waals surface area (Å²) < 4.78 is 6.67. The van der Waals surface area contributed by atoms with E-state index in [1.54, 1.807) is 6.07 Å². The molecule has 0 radical (unpaired) electrons. The second-order valence-corrected chi connectivity index (χ2v) is 10.7. The van der Waals surface area contributed by atoms with E-state index in [0.717, 1.165) is 51.8 Å². The van der Waals surface area contributed by atoms with Gasteiger partial charge in [0.25, 0.3) is 0 Å². The quantitative estimate of drug-likeness (QED) is 0.327. The number of pyridine rings is 2. The number of rotatable bonds is 4. The number of carbonyl (C=O) groups excluding carboxylic acids is 2. The maximum atomic E-state index is 12.6. The van der Waals surface area contributed by atoms with E-state index in [0.29, 0.717) is 11.0 Å². The summed E-state index contributed by atoms with van der Waals surface area (Å²) in [5, 5.41) is 11.3. The molecule has 2 aromatic heterocycles. The molecule has 0 unspecified atom stereocenters. The van der Waals surface area contributed by atoms with Gasteiger partial charge in [0, 0.05) is 11.1 Å². The molecule has 8 nitrogen and oxygen atoms in total. The zero-order valence-electron chi connectivity index (χ0n) is 21.7. The second kappa shape index (κ2) is 9.45. The Labute approximate surface area is 221 Å². The van der Waals surface area contributed by atoms with E-state index in [-0.39, 0.29) is 5.49 Å². The average Bonchev–Trinajstić information content (AvgIpc) is 2.85. The van der Waals surface area contributed by atoms with E-state index >= 15 is 0 Å². The molecule has 2 heterocycles. The third-order valence-electron chi connectivity index (χ3n) is 6.88. The molecule has 0 aliphatic heterocycles. The second-order valence-electron chi connectivity index (χ2n) is 10.7. The summed E-state index contributed by atoms with van der Waals surface area (Å²) in [6, 6.07) is 22.2. The van der Waals surface area contributed by atoms with Crippen molar-refractivity contribution in [3.63, 3.8) is 0 Å². The summed E-state index contributed by atoms with van der Waals surface area (Å²) in [5.74, 6) is 0. The lowest BCUT2D eigenvalue weighted by Crippen LogP contribution is -2.52. The van der Waals surface area contributed by atoms with Crippen molar-refractivity contribution in [1.29, 1.82) is 5.41 Å². The molecule has 194 valence electrons. The zero-order chi connectivity index (χ0) is 27.1. The van der Waals surface area contributed by atoms with Gasteiger partial charge in [0.2, 0.25) is 0 Å². The van der Waals surface area contributed by atoms with Crippen LogP contribution in [-0.2, 0) is 10.3 Å². The van der Waals surface area contributed by atoms with Crippen LogP contribution in [0.4, 0.5) is 9.59 Å². The number of carbonyl (C=O) groups is 2. The van der Waals surface area contributed by atoms with Gasteiger partial charge in [-0.05, 0) is 69.4 Å². The van der Waals surface area contributed by atoms with Crippen molar-refractivity contribution in [2.75, 3.05) is 0 Å². The number of primary amides is 1. The van der Waals surface area contributed by atoms with Gasteiger partial charge in [-0.3, -0.25) is 5.41 Å². The molecule has 4 N–H and O–H groups in total. The van der Waals surface area contributed by atoms with Crippen LogP contribution in [0.1, 0.15) is 45.6 Å². The summed E-state index contributed by atoms with van der Waals surface area (Å²) >= 11 is 0. The molecule has 1 fully saturated rings. The lowest BCUT2D eigenvalue weighted by atomic mass is 9.71. The highest BCUT2D eigenvalue weighted by Gasteiger charge is 2.41. The number of nitrogens with one attached hydrogen (secondary N) is 2. The van der Waals surface area contributed by atoms with Crippen molar-refractivity contribution in [3.05, 3.63) is 83.8 Å². The lowest BCUT2D eigenvalue weighted by molar-refractivity contribution is 0.0377. The van der Waals surface area contributed by atoms with Crippen molar-refractivity contribution >= 4 is 23.2 Å². The van der Waals surface area contributed by atoms with Gasteiger partial charge in [0.05, 0.1) is 22.3 Å². The largest absolute Gasteiger partial charge is 0.444 e. The van der Waals surface area contributed by atoms with Gasteiger partial charge in [-0.25, -0.2) is 19.1 Å². The van der Waals surface area contributed by atoms with Crippen molar-refractivity contribution in [2.24, 2.45) is 5.73 Å². The number of ether oxygens (including phenoxy) is 1. The number of fused-ring (bicyclic) bond motifs is 1. The molecular weight excluding hydrogens is 478 g/mol. The molecule has 38 heavy (non-hydrogen) atoms. The normalized spacial score (nSPS) is 14.5. The molecule has 8 heteroatoms. The Morgan fingerprint density at radius 3 is 2.26 bits per heavy atom. The van der Waals surface area contributed by atoms with E-state index in [4.69, 9.17) is 20.9 Å². The number of nitrogens with two attached hydrogens (primary N) is 1. The fourth-order valence-electron chi connectivity index (χ4n) is 4.94. The molecule has 1 aliphatic carbocycles. The van der Waals surface area contributed by atoms with E-state index in [1.165, 1.54) is 6.07 Å². The molecule has 4 aromatic rings. The van der Waals surface area contributed by atoms with Crippen LogP contribution in [-0.4, -0.2) is 27.3 Å². The molecule has 2 amide bonds. The van der Waals surface area contributed by atoms with Crippen LogP contribution in [0.15, 0.2) is 72.8 Å². The van der Waals surface area contributed by atoms with Gasteiger partial charge in [-0.15, -0.1) is 0 Å². The first-order valence-corrected chi connectivity index (χ1v) is 12.7. The van der Waals surface area contributed by atoms with Gasteiger partial charge in [-0.1, -0.05) is 54.6 Å². The first-order valence-electron chi connectivity index (χ1n) is 12.7. The zero-order valence-corrected chi connectivity index (χ0v) is 21.7. The first kappa shape index (κ1) is 25.2. The van der Waals surface area contributed by atoms with Crippen LogP contribution in [0.25, 0.3) is 33.4 Å². The monoisotopic (exact) mass is 509 g/mol. The number of hydrogen-bond donors (Lipinski definition) is 3. The Morgan fingerprint density at radius 1 is 1.00 bits per heavy atom. The number of hydrogen-bond acceptors (Lipinski definition) is 5. The van der Waals surface area contributed by atoms with Gasteiger partial charge >= 0.3 is 12.1 Å². The van der Waals surface area contributed by atoms with Crippen LogP contribution in [0.2, 0.25) is 0 Å². The Hall–Kier alpha value is -4.46. The van der Waals surface area contributed by atoms with Crippen LogP contribution in [0.5, 0.6) is 0 Å². The van der Waals surface area contributed by atoms with Crippen molar-refractivity contribution in [3.8, 4) is 22.4 Å². The highest BCUT2D eigenvalue weighted by molar-refractivity contribution is 5.94. The van der Waals surface area contributed by atoms with Gasteiger partial charge in [-0.2, -0.15) is 0 Å². The molecule has 0 spiro atoms. The summed E-state index contributed by atoms with van der Waals surface area (Å²) in [4.78, 5) is 29.6. The van der Waals surface area contributed by atoms with Crippen LogP contribution in [0, 0.1) is 5.41 Å². The summed E-state index contributed by atoms with van der Waals surface area (Å²) in [7, 11) is 0. The average molecular weight is 510 g/mol. The molecule has 5 rings (SSSR count). The first-order chi connectivity index (χ1) is 18.1. The summed E-state index contributed by atoms with van der Waals surface area (Å²) in [6.07, 6.45) is 2.30. The number of benzene rings is 2. The lowest BCUT2D eigenvalue weighted by Gasteiger charge is -2.43. The van der Waals surface area contributed by atoms with E-state index < -0.39 is 23.3 Å². The van der Waals surface area contributed by atoms with Gasteiger partial charge in [0.15, 0.2) is 0 Å². The van der Waals surface area contributed by atoms with E-state index in [1.807, 2.05) is 81.4 Å². The third-order valence-corrected chi connectivity index (χ3v) is 6.88. The minimum absolute atomic E-state index is 0.00815. The molecule has 2 aromatic carbocycles. The number of aromatic nitrogens is 2. The smallest absolute Gasteiger partial charge is 0.408 e. The molecule has 1 aliphatic rings. The fraction of sp³-hybridized carbons (Fsp3) is 0.267. The predicted molar refractivity (Wildman–Crippen MR) is 146 cm³/mol. The fourth-order valence-corrected chi connectivity index (χ4v) is 4.94. The molecule has 1 saturated carbocycles. The maximum Gasteiger partial charge on any atom is 0.408 e. The Bertz CT molecular complexity index is 1580. The van der Waals surface area contributed by atoms with Gasteiger partial charge in [0.1, 0.15) is 11.1 Å². The Balaban J connectivity index is 1.58. The third kappa shape index (κ3) is 4.77. The van der Waals surface area contributed by atoms with Crippen molar-refractivity contribution in [1.82, 2.24) is 14.9 Å². The SMILES string of the molecule is CC(C)(C)OC(=O)NC1(c2ccc(-c3nc4ccc(=N)n(C(N)=O)c4cc3-c3ccccc3)cc2)CCC1. The van der Waals surface area contributed by atoms with E-state index in [9.17, 15) is 9.59 Å². The highest BCUT2D eigenvalue weighted by atomic mass is 16.6. The molecule has 0 atom stereocenters. The molecule has 0 saturated heterocycles. The molecule has 0 bridgehead atoms. The van der Waals surface area contributed by atoms with Crippen LogP contribution < -0.4 is 16.5 Å². The minimum atomic E-state index is -0.734. The van der Waals surface area contributed by atoms with Crippen molar-refractivity contribution in [2.45, 2.75) is 51.2 Å². The molecular formula is C30H31N5O3. The maximum absolute atomic E-state index is 12.6. The van der Waals surface area contributed by atoms with Gasteiger partial charge < -0.3 is 15.8 Å². The standard InChI is InChI=1S/C30H31N5O3/c1-29(2,3)38-28(37)34-30(16-7-17-30)21-12-10-20(11-13-21)26-22(19-8-5-4-6-9-19)18-24-23(33-26)14-15-25(31)35(24)27(32)36/h4-6,8-15,18,31H,7,16-17H2,1-3H3,(H2,32,36)(H,34,37). The van der Waals surface area contributed by atoms with E-state index in [2.05, 4.69) is 5.32 Å². The Kier molecular flexibility index (Phi) is 6.26. The van der Waals surface area contributed by atoms with Crippen molar-refractivity contribution < 1.29 is 14.3 Å². The predicted octanol–water partition coefficient (Wildman–Crippen LogP) is 5.68. The minimum Gasteiger partial charge on any atom is -0.444 e. The number of alkyl carbamates (subject to hydrolysis) is 1.